The van der Waals surface area contributed by atoms with E-state index in [2.05, 4.69) is 4.98 Å². The lowest BCUT2D eigenvalue weighted by Crippen LogP contribution is -2.30. The number of hydrogen-bond acceptors (Lipinski definition) is 4. The number of aromatic nitrogens is 2. The molecule has 19 heavy (non-hydrogen) atoms. The largest absolute Gasteiger partial charge is 0.318 e. The third-order valence-corrected chi connectivity index (χ3v) is 2.60. The summed E-state index contributed by atoms with van der Waals surface area (Å²) in [6.07, 6.45) is 3.01. The van der Waals surface area contributed by atoms with E-state index in [-0.39, 0.29) is 23.5 Å². The highest BCUT2D eigenvalue weighted by atomic mass is 19.1. The maximum absolute atomic E-state index is 13.7. The van der Waals surface area contributed by atoms with Crippen molar-refractivity contribution in [3.8, 4) is 6.07 Å². The Labute approximate surface area is 108 Å². The predicted molar refractivity (Wildman–Crippen MR) is 64.1 cm³/mol. The molecule has 0 spiro atoms. The Kier molecular flexibility index (Phi) is 3.54. The molecule has 6 nitrogen and oxygen atoms in total. The monoisotopic (exact) mass is 259 g/mol. The van der Waals surface area contributed by atoms with E-state index < -0.39 is 11.7 Å². The number of halogens is 1. The molecule has 0 aliphatic rings. The minimum Gasteiger partial charge on any atom is -0.318 e. The average Bonchev–Trinajstić information content (AvgIpc) is 2.87. The number of carbonyl (C=O) groups excluding carboxylic acids is 1. The number of nitrogens with zero attached hydrogens (tertiary/aromatic N) is 3. The Morgan fingerprint density at radius 2 is 2.37 bits per heavy atom. The van der Waals surface area contributed by atoms with Crippen molar-refractivity contribution in [3.05, 3.63) is 53.4 Å². The fourth-order valence-corrected chi connectivity index (χ4v) is 1.65. The summed E-state index contributed by atoms with van der Waals surface area (Å²) in [5.41, 5.74) is 2.50. The molecule has 0 saturated heterocycles. The molecular formula is C12H10FN5O. The smallest absolute Gasteiger partial charge is 0.265 e. The molecule has 7 heteroatoms. The molecule has 0 saturated carbocycles. The minimum atomic E-state index is -0.507. The van der Waals surface area contributed by atoms with Gasteiger partial charge in [0.15, 0.2) is 0 Å². The van der Waals surface area contributed by atoms with Gasteiger partial charge in [0.1, 0.15) is 11.9 Å². The van der Waals surface area contributed by atoms with Gasteiger partial charge in [-0.05, 0) is 18.2 Å². The maximum Gasteiger partial charge on any atom is 0.265 e. The summed E-state index contributed by atoms with van der Waals surface area (Å²) in [6, 6.07) is 5.80. The minimum absolute atomic E-state index is 0.112. The SMILES string of the molecule is N#Cc1nccn1Cc1cc(C(=O)NN)ccc1F. The number of nitrogens with two attached hydrogens (primary N) is 1. The van der Waals surface area contributed by atoms with Crippen LogP contribution in [0.15, 0.2) is 30.6 Å². The van der Waals surface area contributed by atoms with Gasteiger partial charge in [-0.1, -0.05) is 0 Å². The second-order valence-electron chi connectivity index (χ2n) is 3.77. The second-order valence-corrected chi connectivity index (χ2v) is 3.77. The van der Waals surface area contributed by atoms with Crippen molar-refractivity contribution in [2.24, 2.45) is 5.84 Å². The van der Waals surface area contributed by atoms with E-state index >= 15 is 0 Å². The molecule has 1 heterocycles. The van der Waals surface area contributed by atoms with Gasteiger partial charge in [-0.25, -0.2) is 15.2 Å². The van der Waals surface area contributed by atoms with Gasteiger partial charge < -0.3 is 4.57 Å². The van der Waals surface area contributed by atoms with Crippen LogP contribution < -0.4 is 11.3 Å². The molecule has 0 unspecified atom stereocenters. The van der Waals surface area contributed by atoms with Gasteiger partial charge in [-0.15, -0.1) is 0 Å². The van der Waals surface area contributed by atoms with E-state index in [9.17, 15) is 9.18 Å². The maximum atomic E-state index is 13.7. The molecule has 0 atom stereocenters. The summed E-state index contributed by atoms with van der Waals surface area (Å²) in [5, 5.41) is 8.83. The van der Waals surface area contributed by atoms with Gasteiger partial charge in [0.05, 0.1) is 6.54 Å². The average molecular weight is 259 g/mol. The van der Waals surface area contributed by atoms with Crippen molar-refractivity contribution in [2.75, 3.05) is 0 Å². The first kappa shape index (κ1) is 12.7. The van der Waals surface area contributed by atoms with E-state index in [0.717, 1.165) is 0 Å². The summed E-state index contributed by atoms with van der Waals surface area (Å²) < 4.78 is 15.2. The highest BCUT2D eigenvalue weighted by Gasteiger charge is 2.10. The van der Waals surface area contributed by atoms with Crippen molar-refractivity contribution in [2.45, 2.75) is 6.54 Å². The van der Waals surface area contributed by atoms with Crippen LogP contribution in [0.5, 0.6) is 0 Å². The van der Waals surface area contributed by atoms with Gasteiger partial charge >= 0.3 is 0 Å². The van der Waals surface area contributed by atoms with Gasteiger partial charge in [0, 0.05) is 23.5 Å². The molecule has 3 N–H and O–H groups in total. The zero-order chi connectivity index (χ0) is 13.8. The summed E-state index contributed by atoms with van der Waals surface area (Å²) in [7, 11) is 0. The number of rotatable bonds is 3. The predicted octanol–water partition coefficient (Wildman–Crippen LogP) is 0.546. The fourth-order valence-electron chi connectivity index (χ4n) is 1.65. The Morgan fingerprint density at radius 3 is 3.05 bits per heavy atom. The van der Waals surface area contributed by atoms with Crippen LogP contribution in [0.2, 0.25) is 0 Å². The first-order valence-corrected chi connectivity index (χ1v) is 5.36. The van der Waals surface area contributed by atoms with E-state index in [0.29, 0.717) is 0 Å². The Balaban J connectivity index is 2.35. The molecule has 0 radical (unpaired) electrons. The molecule has 0 aliphatic carbocycles. The normalized spacial score (nSPS) is 9.95. The van der Waals surface area contributed by atoms with Crippen molar-refractivity contribution in [3.63, 3.8) is 0 Å². The van der Waals surface area contributed by atoms with Crippen LogP contribution in [0.1, 0.15) is 21.7 Å². The Hall–Kier alpha value is -2.72. The number of nitrogens with one attached hydrogen (secondary N) is 1. The van der Waals surface area contributed by atoms with E-state index in [1.165, 1.54) is 29.0 Å². The zero-order valence-corrected chi connectivity index (χ0v) is 9.80. The van der Waals surface area contributed by atoms with Crippen molar-refractivity contribution < 1.29 is 9.18 Å². The van der Waals surface area contributed by atoms with Crippen LogP contribution in [0.3, 0.4) is 0 Å². The number of nitriles is 1. The summed E-state index contributed by atoms with van der Waals surface area (Å²) in [6.45, 7) is 0.112. The van der Waals surface area contributed by atoms with Crippen LogP contribution in [0.4, 0.5) is 4.39 Å². The highest BCUT2D eigenvalue weighted by Crippen LogP contribution is 2.13. The number of hydrogen-bond donors (Lipinski definition) is 2. The van der Waals surface area contributed by atoms with Crippen molar-refractivity contribution >= 4 is 5.91 Å². The van der Waals surface area contributed by atoms with Crippen LogP contribution in [0, 0.1) is 17.1 Å². The molecular weight excluding hydrogens is 249 g/mol. The topological polar surface area (TPSA) is 96.7 Å². The molecule has 0 fully saturated rings. The van der Waals surface area contributed by atoms with Crippen molar-refractivity contribution in [1.29, 1.82) is 5.26 Å². The van der Waals surface area contributed by atoms with Gasteiger partial charge in [-0.3, -0.25) is 10.2 Å². The third kappa shape index (κ3) is 2.59. The second kappa shape index (κ2) is 5.29. The Morgan fingerprint density at radius 1 is 1.58 bits per heavy atom. The van der Waals surface area contributed by atoms with Crippen LogP contribution >= 0.6 is 0 Å². The number of amides is 1. The number of imidazole rings is 1. The quantitative estimate of drug-likeness (QED) is 0.477. The molecule has 1 amide bonds. The number of carbonyl (C=O) groups is 1. The van der Waals surface area contributed by atoms with Crippen LogP contribution in [0.25, 0.3) is 0 Å². The van der Waals surface area contributed by atoms with Crippen LogP contribution in [-0.2, 0) is 6.54 Å². The lowest BCUT2D eigenvalue weighted by Gasteiger charge is -2.07. The number of benzene rings is 1. The van der Waals surface area contributed by atoms with E-state index in [1.54, 1.807) is 6.20 Å². The molecule has 2 aromatic rings. The number of hydrazine groups is 1. The molecule has 1 aromatic heterocycles. The molecule has 1 aromatic carbocycles. The van der Waals surface area contributed by atoms with Crippen LogP contribution in [-0.4, -0.2) is 15.5 Å². The molecule has 2 rings (SSSR count). The highest BCUT2D eigenvalue weighted by molar-refractivity contribution is 5.93. The Bertz CT molecular complexity index is 658. The standard InChI is InChI=1S/C12H10FN5O/c13-10-2-1-8(12(19)17-15)5-9(10)7-18-4-3-16-11(18)6-14/h1-5H,7,15H2,(H,17,19). The summed E-state index contributed by atoms with van der Waals surface area (Å²) >= 11 is 0. The van der Waals surface area contributed by atoms with E-state index in [4.69, 9.17) is 11.1 Å². The first-order chi connectivity index (χ1) is 9.15. The number of nitrogen functional groups attached to an aromatic ring is 1. The van der Waals surface area contributed by atoms with Gasteiger partial charge in [-0.2, -0.15) is 5.26 Å². The van der Waals surface area contributed by atoms with Gasteiger partial charge in [0.25, 0.3) is 5.91 Å². The first-order valence-electron chi connectivity index (χ1n) is 5.36. The summed E-state index contributed by atoms with van der Waals surface area (Å²) in [5.74, 6) is 4.22. The third-order valence-electron chi connectivity index (χ3n) is 2.60. The van der Waals surface area contributed by atoms with Crippen molar-refractivity contribution in [1.82, 2.24) is 15.0 Å². The molecule has 96 valence electrons. The fraction of sp³-hybridized carbons (Fsp3) is 0.0833. The van der Waals surface area contributed by atoms with E-state index in [1.807, 2.05) is 11.5 Å². The lowest BCUT2D eigenvalue weighted by molar-refractivity contribution is 0.0953. The molecule has 0 bridgehead atoms. The lowest BCUT2D eigenvalue weighted by atomic mass is 10.1. The van der Waals surface area contributed by atoms with Gasteiger partial charge in [0.2, 0.25) is 5.82 Å². The zero-order valence-electron chi connectivity index (χ0n) is 9.80. The molecule has 0 aliphatic heterocycles. The summed E-state index contributed by atoms with van der Waals surface area (Å²) in [4.78, 5) is 15.2.